The fourth-order valence-electron chi connectivity index (χ4n) is 10.4. The first-order valence-electron chi connectivity index (χ1n) is 29.8. The van der Waals surface area contributed by atoms with Crippen molar-refractivity contribution in [3.8, 4) is 0 Å². The standard InChI is InChI=1S/C23H35N3O4.C15H29N3O2.C13H15NO3.C10H20N2O2/c1-23(2,3)30-21(27)24-19-9-13-25(14-10-19)20-11-15-26(16-12-20)22(28)29-17-18-7-5-4-6-8-18;1-15(2,3)20-14(19)17-12-6-10-18(11-7-12)13-4-8-16-9-5-13;15-12-6-8-14(9-7-12)13(16)17-10-11-4-2-1-3-5-11;1-10(2,3)14-9(13)12-8-4-6-11-7-5-8/h4-8,19-20H,9-17H2,1-3H3,(H,24,27);12-13,16H,4-11H2,1-3H3,(H,17,19);1-5H,6-10H2;8,11H,4-7H2,1-3H3,(H,12,13). The van der Waals surface area contributed by atoms with Crippen LogP contribution in [0.15, 0.2) is 60.7 Å². The molecule has 6 aliphatic rings. The summed E-state index contributed by atoms with van der Waals surface area (Å²) in [6.07, 6.45) is 9.75. The summed E-state index contributed by atoms with van der Waals surface area (Å²) >= 11 is 0. The third-order valence-electron chi connectivity index (χ3n) is 14.6. The lowest BCUT2D eigenvalue weighted by Gasteiger charge is -2.41. The zero-order valence-electron chi connectivity index (χ0n) is 50.3. The predicted molar refractivity (Wildman–Crippen MR) is 313 cm³/mol. The van der Waals surface area contributed by atoms with Gasteiger partial charge in [-0.25, -0.2) is 24.0 Å². The molecule has 0 bridgehead atoms. The maximum absolute atomic E-state index is 12.3. The average molecular weight is 1130 g/mol. The van der Waals surface area contributed by atoms with Gasteiger partial charge in [0.1, 0.15) is 35.8 Å². The number of nitrogens with zero attached hydrogens (tertiary/aromatic N) is 4. The third kappa shape index (κ3) is 27.3. The summed E-state index contributed by atoms with van der Waals surface area (Å²) < 4.78 is 26.5. The van der Waals surface area contributed by atoms with E-state index in [1.165, 1.54) is 12.8 Å². The largest absolute Gasteiger partial charge is 0.445 e. The van der Waals surface area contributed by atoms with Crippen LogP contribution in [0, 0.1) is 0 Å². The van der Waals surface area contributed by atoms with Crippen molar-refractivity contribution < 1.29 is 52.5 Å². The number of hydrogen-bond donors (Lipinski definition) is 5. The van der Waals surface area contributed by atoms with Gasteiger partial charge in [0.2, 0.25) is 0 Å². The molecule has 0 atom stereocenters. The molecular formula is C61H99N9O11. The van der Waals surface area contributed by atoms with Gasteiger partial charge in [-0.3, -0.25) is 4.79 Å². The summed E-state index contributed by atoms with van der Waals surface area (Å²) in [5.41, 5.74) is 0.676. The van der Waals surface area contributed by atoms with Crippen LogP contribution < -0.4 is 26.6 Å². The van der Waals surface area contributed by atoms with Crippen LogP contribution in [0.3, 0.4) is 0 Å². The van der Waals surface area contributed by atoms with Gasteiger partial charge in [0, 0.05) is 95.4 Å². The molecule has 6 aliphatic heterocycles. The van der Waals surface area contributed by atoms with Gasteiger partial charge < -0.3 is 69.9 Å². The van der Waals surface area contributed by atoms with Crippen molar-refractivity contribution in [1.29, 1.82) is 0 Å². The van der Waals surface area contributed by atoms with Gasteiger partial charge in [-0.15, -0.1) is 0 Å². The molecule has 6 saturated heterocycles. The SMILES string of the molecule is CC(C)(C)OC(=O)NC1CCN(C2CCN(C(=O)OCc3ccccc3)CC2)CC1.CC(C)(C)OC(=O)NC1CCN(C2CCNCC2)CC1.CC(C)(C)OC(=O)NC1CCNCC1.O=C1CCN(C(=O)OCc2ccccc2)CC1. The summed E-state index contributed by atoms with van der Waals surface area (Å²) in [4.78, 5) is 78.6. The van der Waals surface area contributed by atoms with E-state index in [-0.39, 0.29) is 61.0 Å². The van der Waals surface area contributed by atoms with Gasteiger partial charge in [-0.2, -0.15) is 0 Å². The average Bonchev–Trinajstić information content (AvgIpc) is 3.42. The number of Topliss-reactive ketones (excluding diaryl/α,β-unsaturated/α-hetero) is 1. The van der Waals surface area contributed by atoms with Crippen LogP contribution in [0.2, 0.25) is 0 Å². The fourth-order valence-corrected chi connectivity index (χ4v) is 10.4. The van der Waals surface area contributed by atoms with Crippen molar-refractivity contribution >= 4 is 36.2 Å². The minimum absolute atomic E-state index is 0.171. The summed E-state index contributed by atoms with van der Waals surface area (Å²) in [5.74, 6) is 0.220. The highest BCUT2D eigenvalue weighted by atomic mass is 16.6. The maximum Gasteiger partial charge on any atom is 0.410 e. The molecule has 81 heavy (non-hydrogen) atoms. The van der Waals surface area contributed by atoms with E-state index < -0.39 is 16.8 Å². The first-order valence-corrected chi connectivity index (χ1v) is 29.8. The molecule has 0 aromatic heterocycles. The molecular weight excluding hydrogens is 1030 g/mol. The molecule has 6 heterocycles. The molecule has 5 amide bonds. The van der Waals surface area contributed by atoms with Gasteiger partial charge in [-0.05, 0) is 164 Å². The molecule has 0 unspecified atom stereocenters. The summed E-state index contributed by atoms with van der Waals surface area (Å²) in [5, 5.41) is 15.5. The zero-order chi connectivity index (χ0) is 58.8. The first kappa shape index (κ1) is 66.1. The second-order valence-corrected chi connectivity index (χ2v) is 24.9. The number of hydrogen-bond acceptors (Lipinski definition) is 15. The number of carbonyl (C=O) groups is 6. The molecule has 2 aromatic carbocycles. The Morgan fingerprint density at radius 2 is 0.765 bits per heavy atom. The topological polar surface area (TPSA) is 222 Å². The Morgan fingerprint density at radius 1 is 0.444 bits per heavy atom. The minimum atomic E-state index is -0.471. The van der Waals surface area contributed by atoms with E-state index in [2.05, 4.69) is 36.4 Å². The summed E-state index contributed by atoms with van der Waals surface area (Å²) in [7, 11) is 0. The first-order chi connectivity index (χ1) is 38.5. The highest BCUT2D eigenvalue weighted by molar-refractivity contribution is 5.81. The van der Waals surface area contributed by atoms with Crippen molar-refractivity contribution in [2.24, 2.45) is 0 Å². The van der Waals surface area contributed by atoms with Gasteiger partial charge in [0.25, 0.3) is 0 Å². The second kappa shape index (κ2) is 33.4. The smallest absolute Gasteiger partial charge is 0.410 e. The minimum Gasteiger partial charge on any atom is -0.445 e. The Labute approximate surface area is 483 Å². The molecule has 0 spiro atoms. The van der Waals surface area contributed by atoms with E-state index >= 15 is 0 Å². The van der Waals surface area contributed by atoms with E-state index in [0.717, 1.165) is 134 Å². The number of likely N-dealkylation sites (tertiary alicyclic amines) is 4. The van der Waals surface area contributed by atoms with E-state index in [1.54, 1.807) is 4.90 Å². The number of carbonyl (C=O) groups excluding carboxylic acids is 6. The maximum atomic E-state index is 12.3. The van der Waals surface area contributed by atoms with Crippen LogP contribution in [0.5, 0.6) is 0 Å². The zero-order valence-corrected chi connectivity index (χ0v) is 50.3. The van der Waals surface area contributed by atoms with Crippen LogP contribution in [-0.4, -0.2) is 181 Å². The Bertz CT molecular complexity index is 2180. The van der Waals surface area contributed by atoms with Crippen molar-refractivity contribution in [3.63, 3.8) is 0 Å². The molecule has 8 rings (SSSR count). The van der Waals surface area contributed by atoms with Crippen LogP contribution in [0.25, 0.3) is 0 Å². The van der Waals surface area contributed by atoms with Crippen LogP contribution >= 0.6 is 0 Å². The molecule has 20 nitrogen and oxygen atoms in total. The van der Waals surface area contributed by atoms with Crippen molar-refractivity contribution in [2.75, 3.05) is 78.5 Å². The molecule has 5 N–H and O–H groups in total. The Hall–Kier alpha value is -5.70. The van der Waals surface area contributed by atoms with Crippen LogP contribution in [0.1, 0.15) is 150 Å². The summed E-state index contributed by atoms with van der Waals surface area (Å²) in [6.45, 7) is 28.3. The van der Waals surface area contributed by atoms with Gasteiger partial charge in [0.15, 0.2) is 0 Å². The quantitative estimate of drug-likeness (QED) is 0.148. The lowest BCUT2D eigenvalue weighted by atomic mass is 9.98. The Balaban J connectivity index is 0.000000207. The third-order valence-corrected chi connectivity index (χ3v) is 14.6. The molecule has 454 valence electrons. The van der Waals surface area contributed by atoms with Gasteiger partial charge in [0.05, 0.1) is 0 Å². The Morgan fingerprint density at radius 3 is 1.12 bits per heavy atom. The number of rotatable bonds is 9. The van der Waals surface area contributed by atoms with E-state index in [1.807, 2.05) is 128 Å². The van der Waals surface area contributed by atoms with Gasteiger partial charge >= 0.3 is 30.5 Å². The Kier molecular flexibility index (Phi) is 27.3. The molecule has 0 saturated carbocycles. The predicted octanol–water partition coefficient (Wildman–Crippen LogP) is 8.76. The molecule has 0 aliphatic carbocycles. The van der Waals surface area contributed by atoms with Crippen molar-refractivity contribution in [3.05, 3.63) is 71.8 Å². The van der Waals surface area contributed by atoms with E-state index in [9.17, 15) is 28.8 Å². The molecule has 6 fully saturated rings. The highest BCUT2D eigenvalue weighted by Gasteiger charge is 2.32. The van der Waals surface area contributed by atoms with Crippen LogP contribution in [-0.2, 0) is 41.7 Å². The lowest BCUT2D eigenvalue weighted by molar-refractivity contribution is -0.121. The van der Waals surface area contributed by atoms with Crippen LogP contribution in [0.4, 0.5) is 24.0 Å². The number of alkyl carbamates (subject to hydrolysis) is 3. The molecule has 20 heteroatoms. The monoisotopic (exact) mass is 1130 g/mol. The van der Waals surface area contributed by atoms with E-state index in [4.69, 9.17) is 23.7 Å². The fraction of sp³-hybridized carbons (Fsp3) is 0.705. The second-order valence-electron chi connectivity index (χ2n) is 24.9. The normalized spacial score (nSPS) is 19.6. The van der Waals surface area contributed by atoms with Crippen molar-refractivity contribution in [2.45, 2.75) is 200 Å². The number of ketones is 1. The van der Waals surface area contributed by atoms with Gasteiger partial charge in [-0.1, -0.05) is 60.7 Å². The number of nitrogens with one attached hydrogen (secondary N) is 5. The summed E-state index contributed by atoms with van der Waals surface area (Å²) in [6, 6.07) is 21.2. The number of piperidine rings is 6. The number of ether oxygens (including phenoxy) is 5. The highest BCUT2D eigenvalue weighted by Crippen LogP contribution is 2.23. The molecule has 0 radical (unpaired) electrons. The number of benzene rings is 2. The number of amides is 5. The van der Waals surface area contributed by atoms with E-state index in [0.29, 0.717) is 38.6 Å². The molecule has 2 aromatic rings. The lowest BCUT2D eigenvalue weighted by Crippen LogP contribution is -2.52. The van der Waals surface area contributed by atoms with Crippen molar-refractivity contribution in [1.82, 2.24) is 46.2 Å².